The molecule has 1 aliphatic rings. The molecule has 2 N–H and O–H groups in total. The first kappa shape index (κ1) is 21.0. The highest BCUT2D eigenvalue weighted by atomic mass is 127. The lowest BCUT2D eigenvalue weighted by Crippen LogP contribution is -2.43. The maximum Gasteiger partial charge on any atom is 0.213 e. The molecule has 6 nitrogen and oxygen atoms in total. The van der Waals surface area contributed by atoms with Gasteiger partial charge in [0.05, 0.1) is 6.54 Å². The quantitative estimate of drug-likeness (QED) is 0.412. The van der Waals surface area contributed by atoms with Crippen LogP contribution in [0.15, 0.2) is 23.3 Å². The number of hydrogen-bond donors (Lipinski definition) is 1. The molecular formula is C17H30IN5O. The number of rotatable bonds is 6. The van der Waals surface area contributed by atoms with Crippen LogP contribution in [0.1, 0.15) is 25.3 Å². The Hall–Kier alpha value is -1.09. The minimum atomic E-state index is 0. The zero-order chi connectivity index (χ0) is 16.7. The summed E-state index contributed by atoms with van der Waals surface area (Å²) < 4.78 is 5.65. The van der Waals surface area contributed by atoms with Crippen molar-refractivity contribution in [2.75, 3.05) is 40.3 Å². The third-order valence-electron chi connectivity index (χ3n) is 3.99. The summed E-state index contributed by atoms with van der Waals surface area (Å²) in [5, 5.41) is 0. The van der Waals surface area contributed by atoms with Gasteiger partial charge in [0.1, 0.15) is 6.61 Å². The van der Waals surface area contributed by atoms with Gasteiger partial charge in [0, 0.05) is 31.9 Å². The molecule has 0 aromatic carbocycles. The molecule has 0 bridgehead atoms. The van der Waals surface area contributed by atoms with Crippen LogP contribution in [0.5, 0.6) is 5.88 Å². The number of piperidine rings is 1. The molecule has 1 aromatic rings. The Labute approximate surface area is 162 Å². The van der Waals surface area contributed by atoms with Crippen molar-refractivity contribution >= 4 is 29.9 Å². The molecule has 2 heterocycles. The summed E-state index contributed by atoms with van der Waals surface area (Å²) in [6, 6.07) is 3.89. The third-order valence-corrected chi connectivity index (χ3v) is 3.99. The summed E-state index contributed by atoms with van der Waals surface area (Å²) in [5.41, 5.74) is 7.20. The minimum Gasteiger partial charge on any atom is -0.476 e. The van der Waals surface area contributed by atoms with Crippen molar-refractivity contribution in [3.8, 4) is 5.88 Å². The van der Waals surface area contributed by atoms with Crippen molar-refractivity contribution in [1.82, 2.24) is 14.8 Å². The van der Waals surface area contributed by atoms with E-state index in [0.29, 0.717) is 30.9 Å². The average Bonchev–Trinajstić information content (AvgIpc) is 2.52. The van der Waals surface area contributed by atoms with Crippen LogP contribution >= 0.6 is 24.0 Å². The van der Waals surface area contributed by atoms with Crippen molar-refractivity contribution in [1.29, 1.82) is 0 Å². The van der Waals surface area contributed by atoms with Crippen LogP contribution in [0.2, 0.25) is 0 Å². The molecule has 7 heteroatoms. The molecule has 1 aromatic heterocycles. The first-order valence-electron chi connectivity index (χ1n) is 8.32. The van der Waals surface area contributed by atoms with Crippen LogP contribution in [0.25, 0.3) is 0 Å². The lowest BCUT2D eigenvalue weighted by atomic mass is 10.0. The molecule has 0 spiro atoms. The number of pyridine rings is 1. The summed E-state index contributed by atoms with van der Waals surface area (Å²) in [4.78, 5) is 13.0. The summed E-state index contributed by atoms with van der Waals surface area (Å²) >= 11 is 0. The lowest BCUT2D eigenvalue weighted by molar-refractivity contribution is 0.253. The van der Waals surface area contributed by atoms with E-state index >= 15 is 0 Å². The summed E-state index contributed by atoms with van der Waals surface area (Å²) in [6.45, 7) is 6.33. The summed E-state index contributed by atoms with van der Waals surface area (Å²) in [6.07, 6.45) is 4.23. The van der Waals surface area contributed by atoms with Gasteiger partial charge in [-0.25, -0.2) is 9.98 Å². The van der Waals surface area contributed by atoms with E-state index in [0.717, 1.165) is 25.2 Å². The van der Waals surface area contributed by atoms with Gasteiger partial charge in [0.25, 0.3) is 0 Å². The van der Waals surface area contributed by atoms with Gasteiger partial charge in [-0.3, -0.25) is 0 Å². The van der Waals surface area contributed by atoms with E-state index in [1.165, 1.54) is 12.8 Å². The van der Waals surface area contributed by atoms with Crippen molar-refractivity contribution in [2.45, 2.75) is 26.3 Å². The molecule has 1 atom stereocenters. The minimum absolute atomic E-state index is 0. The van der Waals surface area contributed by atoms with E-state index in [-0.39, 0.29) is 24.0 Å². The van der Waals surface area contributed by atoms with Gasteiger partial charge >= 0.3 is 0 Å². The molecule has 1 fully saturated rings. The van der Waals surface area contributed by atoms with Crippen LogP contribution < -0.4 is 10.5 Å². The van der Waals surface area contributed by atoms with E-state index in [1.807, 2.05) is 26.2 Å². The summed E-state index contributed by atoms with van der Waals surface area (Å²) in [7, 11) is 4.04. The fraction of sp³-hybridized carbons (Fsp3) is 0.647. The number of guanidine groups is 1. The largest absolute Gasteiger partial charge is 0.476 e. The first-order chi connectivity index (χ1) is 11.0. The highest BCUT2D eigenvalue weighted by Gasteiger charge is 2.17. The molecule has 1 unspecified atom stereocenters. The SMILES string of the molecule is CC1CCCN(C(N)=NCc2ccnc(OCCN(C)C)c2)C1.I. The van der Waals surface area contributed by atoms with Crippen LogP contribution in [-0.2, 0) is 6.54 Å². The molecule has 24 heavy (non-hydrogen) atoms. The standard InChI is InChI=1S/C17H29N5O.HI/c1-14-5-4-8-22(13-14)17(18)20-12-15-6-7-19-16(11-15)23-10-9-21(2)3;/h6-7,11,14H,4-5,8-10,12-13H2,1-3H3,(H2,18,20);1H. The number of likely N-dealkylation sites (N-methyl/N-ethyl adjacent to an activating group) is 1. The molecular weight excluding hydrogens is 417 g/mol. The average molecular weight is 447 g/mol. The van der Waals surface area contributed by atoms with Crippen LogP contribution in [0, 0.1) is 5.92 Å². The number of hydrogen-bond acceptors (Lipinski definition) is 4. The predicted molar refractivity (Wildman–Crippen MR) is 109 cm³/mol. The Morgan fingerprint density at radius 1 is 1.50 bits per heavy atom. The maximum absolute atomic E-state index is 6.13. The van der Waals surface area contributed by atoms with Gasteiger partial charge in [-0.2, -0.15) is 0 Å². The first-order valence-corrected chi connectivity index (χ1v) is 8.32. The van der Waals surface area contributed by atoms with E-state index < -0.39 is 0 Å². The maximum atomic E-state index is 6.13. The lowest BCUT2D eigenvalue weighted by Gasteiger charge is -2.31. The fourth-order valence-electron chi connectivity index (χ4n) is 2.63. The van der Waals surface area contributed by atoms with Crippen molar-refractivity contribution < 1.29 is 4.74 Å². The second kappa shape index (κ2) is 10.7. The number of aliphatic imine (C=N–C) groups is 1. The van der Waals surface area contributed by atoms with E-state index in [2.05, 4.69) is 26.7 Å². The van der Waals surface area contributed by atoms with Gasteiger partial charge in [-0.1, -0.05) is 6.92 Å². The normalized spacial score (nSPS) is 18.4. The second-order valence-corrected chi connectivity index (χ2v) is 6.52. The summed E-state index contributed by atoms with van der Waals surface area (Å²) in [5.74, 6) is 1.98. The molecule has 2 rings (SSSR count). The smallest absolute Gasteiger partial charge is 0.213 e. The van der Waals surface area contributed by atoms with Gasteiger partial charge in [-0.15, -0.1) is 24.0 Å². The Morgan fingerprint density at radius 3 is 3.00 bits per heavy atom. The molecule has 0 radical (unpaired) electrons. The number of likely N-dealkylation sites (tertiary alicyclic amines) is 1. The Morgan fingerprint density at radius 2 is 2.29 bits per heavy atom. The third kappa shape index (κ3) is 7.21. The number of nitrogens with zero attached hydrogens (tertiary/aromatic N) is 4. The van der Waals surface area contributed by atoms with Crippen LogP contribution in [-0.4, -0.2) is 61.1 Å². The van der Waals surface area contributed by atoms with E-state index in [9.17, 15) is 0 Å². The monoisotopic (exact) mass is 447 g/mol. The number of nitrogens with two attached hydrogens (primary N) is 1. The van der Waals surface area contributed by atoms with E-state index in [1.54, 1.807) is 6.20 Å². The van der Waals surface area contributed by atoms with Gasteiger partial charge < -0.3 is 20.3 Å². The van der Waals surface area contributed by atoms with Crippen molar-refractivity contribution in [3.63, 3.8) is 0 Å². The van der Waals surface area contributed by atoms with Crippen LogP contribution in [0.4, 0.5) is 0 Å². The number of ether oxygens (including phenoxy) is 1. The van der Waals surface area contributed by atoms with Gasteiger partial charge in [-0.05, 0) is 44.5 Å². The molecule has 0 saturated carbocycles. The molecule has 136 valence electrons. The number of aromatic nitrogens is 1. The zero-order valence-corrected chi connectivity index (χ0v) is 17.3. The Balaban J connectivity index is 0.00000288. The molecule has 0 amide bonds. The van der Waals surface area contributed by atoms with Crippen molar-refractivity contribution in [2.24, 2.45) is 16.6 Å². The second-order valence-electron chi connectivity index (χ2n) is 6.52. The molecule has 0 aliphatic carbocycles. The number of halogens is 1. The highest BCUT2D eigenvalue weighted by molar-refractivity contribution is 14.0. The van der Waals surface area contributed by atoms with Crippen LogP contribution in [0.3, 0.4) is 0 Å². The zero-order valence-electron chi connectivity index (χ0n) is 14.9. The van der Waals surface area contributed by atoms with Crippen molar-refractivity contribution in [3.05, 3.63) is 23.9 Å². The topological polar surface area (TPSA) is 67.0 Å². The Kier molecular flexibility index (Phi) is 9.35. The predicted octanol–water partition coefficient (Wildman–Crippen LogP) is 2.19. The fourth-order valence-corrected chi connectivity index (χ4v) is 2.63. The molecule has 1 aliphatic heterocycles. The Bertz CT molecular complexity index is 523. The highest BCUT2D eigenvalue weighted by Crippen LogP contribution is 2.15. The molecule has 1 saturated heterocycles. The van der Waals surface area contributed by atoms with Gasteiger partial charge in [0.2, 0.25) is 5.88 Å². The van der Waals surface area contributed by atoms with E-state index in [4.69, 9.17) is 10.5 Å². The van der Waals surface area contributed by atoms with Gasteiger partial charge in [0.15, 0.2) is 5.96 Å².